The summed E-state index contributed by atoms with van der Waals surface area (Å²) in [6, 6.07) is 0. The minimum Gasteiger partial charge on any atom is -0.0625 e. The van der Waals surface area contributed by atoms with Crippen molar-refractivity contribution in [3.8, 4) is 0 Å². The summed E-state index contributed by atoms with van der Waals surface area (Å²) in [7, 11) is 0. The molecule has 0 bridgehead atoms. The Balaban J connectivity index is 2.17. The Kier molecular flexibility index (Phi) is 2.38. The lowest BCUT2D eigenvalue weighted by Gasteiger charge is -2.02. The van der Waals surface area contributed by atoms with Crippen molar-refractivity contribution in [3.63, 3.8) is 0 Å². The molecule has 0 saturated heterocycles. The Labute approximate surface area is 52.3 Å². The molecule has 1 saturated carbocycles. The van der Waals surface area contributed by atoms with Crippen LogP contribution in [0.5, 0.6) is 0 Å². The molecule has 0 aromatic heterocycles. The van der Waals surface area contributed by atoms with E-state index in [4.69, 9.17) is 0 Å². The molecule has 1 radical (unpaired) electrons. The predicted molar refractivity (Wildman–Crippen MR) is 36.5 cm³/mol. The van der Waals surface area contributed by atoms with Crippen LogP contribution in [0.2, 0.25) is 0 Å². The second kappa shape index (κ2) is 3.11. The van der Waals surface area contributed by atoms with Crippen LogP contribution < -0.4 is 0 Å². The fraction of sp³-hybridized carbons (Fsp3) is 0.875. The maximum atomic E-state index is 2.43. The summed E-state index contributed by atoms with van der Waals surface area (Å²) in [6.45, 7) is 2.36. The molecule has 1 aliphatic carbocycles. The van der Waals surface area contributed by atoms with Gasteiger partial charge in [0.05, 0.1) is 0 Å². The van der Waals surface area contributed by atoms with Crippen molar-refractivity contribution in [3.05, 3.63) is 6.42 Å². The molecule has 1 atom stereocenters. The van der Waals surface area contributed by atoms with Gasteiger partial charge in [0.25, 0.3) is 0 Å². The highest BCUT2D eigenvalue weighted by Gasteiger charge is 2.05. The van der Waals surface area contributed by atoms with Crippen molar-refractivity contribution in [2.24, 2.45) is 5.92 Å². The second-order valence-corrected chi connectivity index (χ2v) is 2.90. The zero-order valence-corrected chi connectivity index (χ0v) is 5.69. The Morgan fingerprint density at radius 3 is 3.00 bits per heavy atom. The quantitative estimate of drug-likeness (QED) is 0.422. The van der Waals surface area contributed by atoms with Gasteiger partial charge in [0.1, 0.15) is 0 Å². The number of hydrogen-bond acceptors (Lipinski definition) is 0. The Morgan fingerprint density at radius 2 is 2.12 bits per heavy atom. The third kappa shape index (κ3) is 1.85. The summed E-state index contributed by atoms with van der Waals surface area (Å²) < 4.78 is 0. The second-order valence-electron chi connectivity index (χ2n) is 2.90. The van der Waals surface area contributed by atoms with Crippen LogP contribution in [-0.4, -0.2) is 0 Å². The first-order valence-corrected chi connectivity index (χ1v) is 3.71. The van der Waals surface area contributed by atoms with Gasteiger partial charge in [0.2, 0.25) is 0 Å². The van der Waals surface area contributed by atoms with E-state index in [1.54, 1.807) is 0 Å². The Hall–Kier alpha value is 0. The van der Waals surface area contributed by atoms with E-state index in [1.165, 1.54) is 32.1 Å². The third-order valence-corrected chi connectivity index (χ3v) is 1.97. The van der Waals surface area contributed by atoms with Gasteiger partial charge < -0.3 is 0 Å². The fourth-order valence-electron chi connectivity index (χ4n) is 1.30. The summed E-state index contributed by atoms with van der Waals surface area (Å²) in [5.74, 6) is 0.994. The lowest BCUT2D eigenvalue weighted by Crippen LogP contribution is -1.88. The van der Waals surface area contributed by atoms with Crippen molar-refractivity contribution >= 4 is 0 Å². The van der Waals surface area contributed by atoms with E-state index in [1.807, 2.05) is 0 Å². The minimum atomic E-state index is 0.994. The van der Waals surface area contributed by atoms with E-state index < -0.39 is 0 Å². The predicted octanol–water partition coefficient (Wildman–Crippen LogP) is 2.79. The smallest absolute Gasteiger partial charge is 0.0386 e. The summed E-state index contributed by atoms with van der Waals surface area (Å²) in [5, 5.41) is 0. The lowest BCUT2D eigenvalue weighted by atomic mass is 10.0. The highest BCUT2D eigenvalue weighted by molar-refractivity contribution is 4.71. The van der Waals surface area contributed by atoms with Gasteiger partial charge in [-0.15, -0.1) is 0 Å². The number of rotatable bonds is 0. The maximum Gasteiger partial charge on any atom is -0.0386 e. The molecule has 0 aromatic rings. The fourth-order valence-corrected chi connectivity index (χ4v) is 1.30. The van der Waals surface area contributed by atoms with Crippen LogP contribution in [0.15, 0.2) is 0 Å². The SMILES string of the molecule is CC1CC[CH]CCC1. The zero-order valence-electron chi connectivity index (χ0n) is 5.69. The average Bonchev–Trinajstić information content (AvgIpc) is 1.94. The van der Waals surface area contributed by atoms with E-state index in [2.05, 4.69) is 13.3 Å². The molecule has 0 amide bonds. The topological polar surface area (TPSA) is 0 Å². The van der Waals surface area contributed by atoms with Crippen molar-refractivity contribution in [1.82, 2.24) is 0 Å². The van der Waals surface area contributed by atoms with Gasteiger partial charge in [-0.05, 0) is 18.8 Å². The first-order valence-electron chi connectivity index (χ1n) is 3.71. The summed E-state index contributed by atoms with van der Waals surface area (Å²) in [6.07, 6.45) is 9.48. The lowest BCUT2D eigenvalue weighted by molar-refractivity contribution is 0.507. The molecule has 0 aromatic carbocycles. The summed E-state index contributed by atoms with van der Waals surface area (Å²) in [4.78, 5) is 0. The first kappa shape index (κ1) is 6.12. The van der Waals surface area contributed by atoms with Crippen molar-refractivity contribution < 1.29 is 0 Å². The molecule has 0 heteroatoms. The van der Waals surface area contributed by atoms with Crippen LogP contribution in [0.25, 0.3) is 0 Å². The van der Waals surface area contributed by atoms with Crippen molar-refractivity contribution in [2.75, 3.05) is 0 Å². The van der Waals surface area contributed by atoms with Crippen molar-refractivity contribution in [2.45, 2.75) is 39.0 Å². The van der Waals surface area contributed by atoms with E-state index in [-0.39, 0.29) is 0 Å². The van der Waals surface area contributed by atoms with Crippen LogP contribution in [-0.2, 0) is 0 Å². The Bertz CT molecular complexity index is 49.1. The van der Waals surface area contributed by atoms with Gasteiger partial charge in [-0.1, -0.05) is 32.6 Å². The molecule has 1 rings (SSSR count). The molecule has 0 spiro atoms. The summed E-state index contributed by atoms with van der Waals surface area (Å²) in [5.41, 5.74) is 0. The molecule has 0 aliphatic heterocycles. The van der Waals surface area contributed by atoms with E-state index in [0.717, 1.165) is 5.92 Å². The van der Waals surface area contributed by atoms with Gasteiger partial charge in [-0.3, -0.25) is 0 Å². The summed E-state index contributed by atoms with van der Waals surface area (Å²) >= 11 is 0. The molecule has 1 aliphatic rings. The maximum absolute atomic E-state index is 2.43. The normalized spacial score (nSPS) is 25.1. The van der Waals surface area contributed by atoms with E-state index in [9.17, 15) is 0 Å². The molecule has 1 fully saturated rings. The molecule has 47 valence electrons. The largest absolute Gasteiger partial charge is 0.0625 e. The molecule has 0 nitrogen and oxygen atoms in total. The first-order chi connectivity index (χ1) is 3.89. The highest BCUT2D eigenvalue weighted by Crippen LogP contribution is 2.20. The highest BCUT2D eigenvalue weighted by atomic mass is 14.1. The third-order valence-electron chi connectivity index (χ3n) is 1.97. The van der Waals surface area contributed by atoms with Gasteiger partial charge >= 0.3 is 0 Å². The van der Waals surface area contributed by atoms with Crippen LogP contribution in [0.3, 0.4) is 0 Å². The average molecular weight is 111 g/mol. The molecule has 0 heterocycles. The zero-order chi connectivity index (χ0) is 5.82. The van der Waals surface area contributed by atoms with Gasteiger partial charge in [0.15, 0.2) is 0 Å². The van der Waals surface area contributed by atoms with Gasteiger partial charge in [-0.25, -0.2) is 0 Å². The van der Waals surface area contributed by atoms with Crippen LogP contribution in [0, 0.1) is 12.3 Å². The molecule has 0 N–H and O–H groups in total. The minimum absolute atomic E-state index is 0.994. The molecular weight excluding hydrogens is 96.1 g/mol. The van der Waals surface area contributed by atoms with E-state index in [0.29, 0.717) is 0 Å². The van der Waals surface area contributed by atoms with E-state index >= 15 is 0 Å². The van der Waals surface area contributed by atoms with Crippen LogP contribution in [0.1, 0.15) is 39.0 Å². The molecule has 8 heavy (non-hydrogen) atoms. The van der Waals surface area contributed by atoms with Crippen molar-refractivity contribution in [1.29, 1.82) is 0 Å². The van der Waals surface area contributed by atoms with Crippen LogP contribution >= 0.6 is 0 Å². The van der Waals surface area contributed by atoms with Gasteiger partial charge in [-0.2, -0.15) is 0 Å². The Morgan fingerprint density at radius 1 is 1.25 bits per heavy atom. The molecule has 1 unspecified atom stereocenters. The standard InChI is InChI=1S/C8H15/c1-8-6-4-2-3-5-7-8/h2,8H,3-7H2,1H3. The van der Waals surface area contributed by atoms with Crippen LogP contribution in [0.4, 0.5) is 0 Å². The number of hydrogen-bond donors (Lipinski definition) is 0. The molecular formula is C8H15. The monoisotopic (exact) mass is 111 g/mol. The van der Waals surface area contributed by atoms with Gasteiger partial charge in [0, 0.05) is 0 Å².